The summed E-state index contributed by atoms with van der Waals surface area (Å²) in [7, 11) is 0. The van der Waals surface area contributed by atoms with Gasteiger partial charge in [0.1, 0.15) is 5.82 Å². The molecule has 0 aliphatic carbocycles. The van der Waals surface area contributed by atoms with Crippen LogP contribution in [0.25, 0.3) is 10.6 Å². The van der Waals surface area contributed by atoms with Crippen molar-refractivity contribution in [2.45, 2.75) is 33.1 Å². The van der Waals surface area contributed by atoms with Crippen LogP contribution in [0.2, 0.25) is 0 Å². The van der Waals surface area contributed by atoms with E-state index < -0.39 is 0 Å². The molecule has 0 aliphatic heterocycles. The second-order valence-electron chi connectivity index (χ2n) is 4.18. The third kappa shape index (κ3) is 1.73. The van der Waals surface area contributed by atoms with Crippen molar-refractivity contribution < 1.29 is 0 Å². The molecule has 2 heterocycles. The van der Waals surface area contributed by atoms with Gasteiger partial charge in [-0.2, -0.15) is 5.10 Å². The smallest absolute Gasteiger partial charge is 0.149 e. The van der Waals surface area contributed by atoms with Crippen molar-refractivity contribution in [3.63, 3.8) is 0 Å². The van der Waals surface area contributed by atoms with Crippen molar-refractivity contribution in [3.05, 3.63) is 22.6 Å². The Morgan fingerprint density at radius 2 is 2.25 bits per heavy atom. The first-order valence-electron chi connectivity index (χ1n) is 5.55. The molecule has 0 radical (unpaired) electrons. The average molecular weight is 235 g/mol. The highest BCUT2D eigenvalue weighted by Gasteiger charge is 2.18. The molecule has 86 valence electrons. The summed E-state index contributed by atoms with van der Waals surface area (Å²) in [5.74, 6) is 1.01. The van der Waals surface area contributed by atoms with Crippen LogP contribution in [0.15, 0.2) is 11.4 Å². The van der Waals surface area contributed by atoms with Crippen LogP contribution in [0.1, 0.15) is 37.8 Å². The van der Waals surface area contributed by atoms with Gasteiger partial charge in [-0.1, -0.05) is 20.8 Å². The van der Waals surface area contributed by atoms with Gasteiger partial charge in [0.15, 0.2) is 0 Å². The Morgan fingerprint density at radius 3 is 2.88 bits per heavy atom. The first-order chi connectivity index (χ1) is 7.65. The van der Waals surface area contributed by atoms with E-state index in [1.54, 1.807) is 11.3 Å². The van der Waals surface area contributed by atoms with Gasteiger partial charge in [-0.15, -0.1) is 11.3 Å². The molecule has 0 amide bonds. The summed E-state index contributed by atoms with van der Waals surface area (Å²) in [5, 5.41) is 9.32. The maximum absolute atomic E-state index is 5.90. The van der Waals surface area contributed by atoms with Gasteiger partial charge in [-0.25, -0.2) is 0 Å². The number of nitrogens with zero attached hydrogens (tertiary/aromatic N) is 1. The highest BCUT2D eigenvalue weighted by molar-refractivity contribution is 7.13. The van der Waals surface area contributed by atoms with Crippen molar-refractivity contribution in [2.75, 3.05) is 5.73 Å². The molecule has 0 spiro atoms. The largest absolute Gasteiger partial charge is 0.382 e. The van der Waals surface area contributed by atoms with Crippen LogP contribution < -0.4 is 5.73 Å². The molecule has 2 rings (SSSR count). The van der Waals surface area contributed by atoms with Crippen LogP contribution in [0.3, 0.4) is 0 Å². The number of aromatic amines is 1. The van der Waals surface area contributed by atoms with E-state index in [-0.39, 0.29) is 0 Å². The summed E-state index contributed by atoms with van der Waals surface area (Å²) >= 11 is 1.75. The summed E-state index contributed by atoms with van der Waals surface area (Å²) in [6.07, 6.45) is 1.04. The summed E-state index contributed by atoms with van der Waals surface area (Å²) in [5.41, 5.74) is 9.49. The monoisotopic (exact) mass is 235 g/mol. The maximum Gasteiger partial charge on any atom is 0.149 e. The fourth-order valence-electron chi connectivity index (χ4n) is 1.96. The maximum atomic E-state index is 5.90. The van der Waals surface area contributed by atoms with Crippen molar-refractivity contribution in [1.82, 2.24) is 10.2 Å². The Labute approximate surface area is 99.7 Å². The SMILES string of the molecule is CCc1ccsc1-c1[nH]nc(N)c1C(C)C. The molecule has 0 saturated heterocycles. The topological polar surface area (TPSA) is 54.7 Å². The molecule has 0 aliphatic rings. The molecule has 4 heteroatoms. The molecule has 0 atom stereocenters. The zero-order chi connectivity index (χ0) is 11.7. The summed E-state index contributed by atoms with van der Waals surface area (Å²) in [4.78, 5) is 1.27. The molecule has 16 heavy (non-hydrogen) atoms. The number of hydrogen-bond acceptors (Lipinski definition) is 3. The molecule has 0 saturated carbocycles. The van der Waals surface area contributed by atoms with Crippen LogP contribution in [0, 0.1) is 0 Å². The molecule has 2 aromatic heterocycles. The number of nitrogens with one attached hydrogen (secondary N) is 1. The summed E-state index contributed by atoms with van der Waals surface area (Å²) in [6, 6.07) is 2.17. The zero-order valence-corrected chi connectivity index (χ0v) is 10.7. The van der Waals surface area contributed by atoms with Crippen LogP contribution >= 0.6 is 11.3 Å². The van der Waals surface area contributed by atoms with Gasteiger partial charge in [0, 0.05) is 5.56 Å². The fourth-order valence-corrected chi connectivity index (χ4v) is 2.96. The Bertz CT molecular complexity index is 482. The highest BCUT2D eigenvalue weighted by atomic mass is 32.1. The van der Waals surface area contributed by atoms with Gasteiger partial charge in [-0.3, -0.25) is 5.10 Å². The number of hydrogen-bond donors (Lipinski definition) is 2. The van der Waals surface area contributed by atoms with E-state index >= 15 is 0 Å². The summed E-state index contributed by atoms with van der Waals surface area (Å²) in [6.45, 7) is 6.45. The van der Waals surface area contributed by atoms with Gasteiger partial charge in [0.05, 0.1) is 10.6 Å². The first kappa shape index (κ1) is 11.2. The lowest BCUT2D eigenvalue weighted by molar-refractivity contribution is 0.873. The molecular formula is C12H17N3S. The number of aryl methyl sites for hydroxylation is 1. The minimum Gasteiger partial charge on any atom is -0.382 e. The van der Waals surface area contributed by atoms with E-state index in [1.165, 1.54) is 10.4 Å². The van der Waals surface area contributed by atoms with Crippen molar-refractivity contribution >= 4 is 17.2 Å². The van der Waals surface area contributed by atoms with Crippen molar-refractivity contribution in [2.24, 2.45) is 0 Å². The number of rotatable bonds is 3. The first-order valence-corrected chi connectivity index (χ1v) is 6.43. The quantitative estimate of drug-likeness (QED) is 0.856. The van der Waals surface area contributed by atoms with Crippen LogP contribution in [-0.2, 0) is 6.42 Å². The Morgan fingerprint density at radius 1 is 1.50 bits per heavy atom. The molecule has 0 aromatic carbocycles. The van der Waals surface area contributed by atoms with Crippen molar-refractivity contribution in [1.29, 1.82) is 0 Å². The highest BCUT2D eigenvalue weighted by Crippen LogP contribution is 2.36. The second-order valence-corrected chi connectivity index (χ2v) is 5.10. The normalized spacial score (nSPS) is 11.2. The number of nitrogens with two attached hydrogens (primary N) is 1. The van der Waals surface area contributed by atoms with E-state index in [4.69, 9.17) is 5.73 Å². The second kappa shape index (κ2) is 4.29. The Kier molecular flexibility index (Phi) is 3.01. The van der Waals surface area contributed by atoms with Crippen LogP contribution in [0.5, 0.6) is 0 Å². The Hall–Kier alpha value is -1.29. The zero-order valence-electron chi connectivity index (χ0n) is 9.87. The lowest BCUT2D eigenvalue weighted by Crippen LogP contribution is -1.95. The van der Waals surface area contributed by atoms with E-state index in [9.17, 15) is 0 Å². The predicted octanol–water partition coefficient (Wildman–Crippen LogP) is 3.41. The summed E-state index contributed by atoms with van der Waals surface area (Å²) < 4.78 is 0. The Balaban J connectivity index is 2.56. The fraction of sp³-hybridized carbons (Fsp3) is 0.417. The third-order valence-electron chi connectivity index (χ3n) is 2.77. The molecule has 3 nitrogen and oxygen atoms in total. The lowest BCUT2D eigenvalue weighted by Gasteiger charge is -2.07. The van der Waals surface area contributed by atoms with Gasteiger partial charge in [0.2, 0.25) is 0 Å². The average Bonchev–Trinajstić information content (AvgIpc) is 2.82. The van der Waals surface area contributed by atoms with Gasteiger partial charge < -0.3 is 5.73 Å². The number of H-pyrrole nitrogens is 1. The lowest BCUT2D eigenvalue weighted by atomic mass is 10.0. The minimum atomic E-state index is 0.389. The third-order valence-corrected chi connectivity index (χ3v) is 3.74. The van der Waals surface area contributed by atoms with Gasteiger partial charge >= 0.3 is 0 Å². The predicted molar refractivity (Wildman–Crippen MR) is 69.8 cm³/mol. The van der Waals surface area contributed by atoms with Crippen LogP contribution in [0.4, 0.5) is 5.82 Å². The van der Waals surface area contributed by atoms with Crippen molar-refractivity contribution in [3.8, 4) is 10.6 Å². The van der Waals surface area contributed by atoms with E-state index in [2.05, 4.69) is 42.4 Å². The molecule has 0 bridgehead atoms. The molecular weight excluding hydrogens is 218 g/mol. The minimum absolute atomic E-state index is 0.389. The molecule has 0 unspecified atom stereocenters. The van der Waals surface area contributed by atoms with Gasteiger partial charge in [0.25, 0.3) is 0 Å². The number of thiophene rings is 1. The van der Waals surface area contributed by atoms with E-state index in [0.29, 0.717) is 11.7 Å². The number of anilines is 1. The number of nitrogen functional groups attached to an aromatic ring is 1. The molecule has 0 fully saturated rings. The van der Waals surface area contributed by atoms with Crippen LogP contribution in [-0.4, -0.2) is 10.2 Å². The molecule has 2 aromatic rings. The molecule has 3 N–H and O–H groups in total. The standard InChI is InChI=1S/C12H17N3S/c1-4-8-5-6-16-11(8)10-9(7(2)3)12(13)15-14-10/h5-7H,4H2,1-3H3,(H3,13,14,15). The van der Waals surface area contributed by atoms with E-state index in [0.717, 1.165) is 17.7 Å². The number of aromatic nitrogens is 2. The van der Waals surface area contributed by atoms with E-state index in [1.807, 2.05) is 0 Å². The van der Waals surface area contributed by atoms with Gasteiger partial charge in [-0.05, 0) is 29.3 Å².